The largest absolute Gasteiger partial charge is 0.508 e. The van der Waals surface area contributed by atoms with Crippen molar-refractivity contribution in [3.8, 4) is 17.4 Å². The number of ether oxygens (including phenoxy) is 3. The molecule has 0 bridgehead atoms. The maximum absolute atomic E-state index is 14.3. The molecule has 1 saturated heterocycles. The molecule has 1 aliphatic heterocycles. The van der Waals surface area contributed by atoms with Gasteiger partial charge in [0.05, 0.1) is 18.2 Å². The van der Waals surface area contributed by atoms with Gasteiger partial charge in [0.15, 0.2) is 0 Å². The third-order valence-corrected chi connectivity index (χ3v) is 11.1. The molecule has 2 saturated carbocycles. The number of benzene rings is 1. The summed E-state index contributed by atoms with van der Waals surface area (Å²) in [6, 6.07) is 3.94. The number of unbranched alkanes of at least 4 members (excludes halogenated alkanes) is 3. The number of carbonyl (C=O) groups is 4. The zero-order chi connectivity index (χ0) is 39.4. The van der Waals surface area contributed by atoms with E-state index in [0.717, 1.165) is 38.5 Å². The van der Waals surface area contributed by atoms with E-state index >= 15 is 0 Å². The molecule has 14 heteroatoms. The second-order valence-corrected chi connectivity index (χ2v) is 17.7. The van der Waals surface area contributed by atoms with Crippen LogP contribution in [0, 0.1) is 12.8 Å². The quantitative estimate of drug-likeness (QED) is 0.0873. The number of alkyl carbamates (subject to hydrolysis) is 1. The summed E-state index contributed by atoms with van der Waals surface area (Å²) < 4.78 is 20.8. The summed E-state index contributed by atoms with van der Waals surface area (Å²) in [6.45, 7) is 14.6. The Kier molecular flexibility index (Phi) is 12.6. The van der Waals surface area contributed by atoms with E-state index in [1.165, 1.54) is 16.8 Å². The Morgan fingerprint density at radius 1 is 1.17 bits per heavy atom. The lowest BCUT2D eigenvalue weighted by Gasteiger charge is -2.27. The van der Waals surface area contributed by atoms with E-state index in [2.05, 4.69) is 40.3 Å². The van der Waals surface area contributed by atoms with Gasteiger partial charge >= 0.3 is 6.09 Å². The fourth-order valence-corrected chi connectivity index (χ4v) is 7.34. The van der Waals surface area contributed by atoms with Crippen molar-refractivity contribution >= 4 is 46.7 Å². The summed E-state index contributed by atoms with van der Waals surface area (Å²) >= 11 is 1.40. The minimum absolute atomic E-state index is 0.00387. The van der Waals surface area contributed by atoms with Gasteiger partial charge in [0, 0.05) is 34.1 Å². The lowest BCUT2D eigenvalue weighted by atomic mass is 10.1. The number of aryl methyl sites for hydroxylation is 1. The number of pyridine rings is 1. The van der Waals surface area contributed by atoms with E-state index in [9.17, 15) is 24.3 Å². The highest BCUT2D eigenvalue weighted by atomic mass is 32.2. The molecule has 4 amide bonds. The molecule has 2 aromatic rings. The van der Waals surface area contributed by atoms with Crippen LogP contribution in [0.5, 0.6) is 17.4 Å². The molecule has 1 aromatic carbocycles. The Morgan fingerprint density at radius 2 is 1.91 bits per heavy atom. The topological polar surface area (TPSA) is 168 Å². The van der Waals surface area contributed by atoms with Gasteiger partial charge in [-0.1, -0.05) is 31.9 Å². The van der Waals surface area contributed by atoms with E-state index in [-0.39, 0.29) is 41.4 Å². The summed E-state index contributed by atoms with van der Waals surface area (Å²) in [5, 5.41) is 16.7. The number of aromatic hydroxyl groups is 1. The van der Waals surface area contributed by atoms with Gasteiger partial charge in [0.1, 0.15) is 41.3 Å². The zero-order valence-corrected chi connectivity index (χ0v) is 33.7. The number of hydrogen-bond acceptors (Lipinski definition) is 10. The summed E-state index contributed by atoms with van der Waals surface area (Å²) in [7, 11) is 0. The first-order valence-electron chi connectivity index (χ1n) is 19.1. The number of amides is 4. The van der Waals surface area contributed by atoms with E-state index in [4.69, 9.17) is 14.2 Å². The third-order valence-electron chi connectivity index (χ3n) is 9.92. The van der Waals surface area contributed by atoms with E-state index in [0.29, 0.717) is 34.5 Å². The van der Waals surface area contributed by atoms with E-state index in [1.807, 2.05) is 19.9 Å². The van der Waals surface area contributed by atoms with Crippen LogP contribution in [0.25, 0.3) is 10.9 Å². The molecule has 1 aromatic heterocycles. The van der Waals surface area contributed by atoms with Gasteiger partial charge in [-0.3, -0.25) is 19.1 Å². The molecule has 5 rings (SSSR count). The van der Waals surface area contributed by atoms with Gasteiger partial charge in [0.25, 0.3) is 5.91 Å². The lowest BCUT2D eigenvalue weighted by molar-refractivity contribution is -0.139. The van der Waals surface area contributed by atoms with Crippen molar-refractivity contribution in [2.45, 2.75) is 141 Å². The summed E-state index contributed by atoms with van der Waals surface area (Å²) in [5.41, 5.74) is -0.865. The highest BCUT2D eigenvalue weighted by molar-refractivity contribution is 7.99. The van der Waals surface area contributed by atoms with Crippen LogP contribution in [-0.4, -0.2) is 86.0 Å². The van der Waals surface area contributed by atoms with Crippen molar-refractivity contribution in [1.29, 1.82) is 0 Å². The molecular weight excluding hydrogens is 711 g/mol. The van der Waals surface area contributed by atoms with Crippen molar-refractivity contribution < 1.29 is 38.5 Å². The minimum Gasteiger partial charge on any atom is -0.508 e. The third kappa shape index (κ3) is 10.3. The van der Waals surface area contributed by atoms with Gasteiger partial charge in [-0.25, -0.2) is 9.78 Å². The van der Waals surface area contributed by atoms with Crippen LogP contribution in [0.4, 0.5) is 4.79 Å². The first-order chi connectivity index (χ1) is 25.4. The van der Waals surface area contributed by atoms with Crippen LogP contribution < -0.4 is 24.8 Å². The van der Waals surface area contributed by atoms with Gasteiger partial charge in [-0.2, -0.15) is 0 Å². The average molecular weight is 768 g/mol. The number of nitrogens with zero attached hydrogens (tertiary/aromatic N) is 2. The van der Waals surface area contributed by atoms with Gasteiger partial charge in [-0.05, 0) is 105 Å². The van der Waals surface area contributed by atoms with Crippen molar-refractivity contribution in [3.63, 3.8) is 0 Å². The molecule has 2 heterocycles. The van der Waals surface area contributed by atoms with Crippen LogP contribution in [0.3, 0.4) is 0 Å². The monoisotopic (exact) mass is 767 g/mol. The molecule has 0 radical (unpaired) electrons. The number of aromatic nitrogens is 1. The molecule has 296 valence electrons. The molecule has 4 atom stereocenters. The molecule has 3 fully saturated rings. The number of carbonyl (C=O) groups excluding carboxylic acids is 4. The number of fused-ring (bicyclic) bond motifs is 1. The molecule has 2 unspecified atom stereocenters. The Morgan fingerprint density at radius 3 is 2.57 bits per heavy atom. The van der Waals surface area contributed by atoms with Gasteiger partial charge in [-0.15, -0.1) is 0 Å². The predicted molar refractivity (Wildman–Crippen MR) is 208 cm³/mol. The number of phenolic OH excluding ortho intramolecular Hbond substituents is 1. The maximum Gasteiger partial charge on any atom is 0.408 e. The number of rotatable bonds is 16. The first kappa shape index (κ1) is 41.0. The van der Waals surface area contributed by atoms with Gasteiger partial charge < -0.3 is 34.9 Å². The Hall–Kier alpha value is -4.20. The smallest absolute Gasteiger partial charge is 0.408 e. The first-order valence-corrected chi connectivity index (χ1v) is 20.0. The summed E-state index contributed by atoms with van der Waals surface area (Å²) in [4.78, 5) is 60.4. The summed E-state index contributed by atoms with van der Waals surface area (Å²) in [5.74, 6) is -0.634. The average Bonchev–Trinajstić information content (AvgIpc) is 3.96. The molecular formula is C40H57N5O8S. The fourth-order valence-electron chi connectivity index (χ4n) is 6.51. The Bertz CT molecular complexity index is 1760. The Balaban J connectivity index is 1.40. The van der Waals surface area contributed by atoms with E-state index in [1.54, 1.807) is 45.9 Å². The molecule has 0 spiro atoms. The SMILES string of the molecule is CCCCC/C=C\C1C[C@]1(NC(=O)C1C[C@@H](Oc2cc(OC(C)C)nc3c(C)c(O)ccc23)CN1C(=O)CNC(=O)OC(C)(C)C)C(=O)NSC1(C)CC1. The number of nitrogens with one attached hydrogen (secondary N) is 3. The molecule has 4 N–H and O–H groups in total. The minimum atomic E-state index is -1.15. The molecule has 3 aliphatic rings. The zero-order valence-electron chi connectivity index (χ0n) is 32.9. The van der Waals surface area contributed by atoms with Gasteiger partial charge in [0.2, 0.25) is 17.7 Å². The number of likely N-dealkylation sites (tertiary alicyclic amines) is 1. The van der Waals surface area contributed by atoms with Crippen LogP contribution in [0.15, 0.2) is 30.4 Å². The second-order valence-electron chi connectivity index (χ2n) is 16.3. The molecule has 2 aliphatic carbocycles. The Labute approximate surface area is 322 Å². The number of hydrogen-bond donors (Lipinski definition) is 4. The van der Waals surface area contributed by atoms with Crippen LogP contribution in [-0.2, 0) is 19.1 Å². The van der Waals surface area contributed by atoms with E-state index < -0.39 is 47.7 Å². The van der Waals surface area contributed by atoms with Crippen molar-refractivity contribution in [2.24, 2.45) is 5.92 Å². The highest BCUT2D eigenvalue weighted by Gasteiger charge is 2.61. The maximum atomic E-state index is 14.3. The normalized spacial score (nSPS) is 23.0. The summed E-state index contributed by atoms with van der Waals surface area (Å²) in [6.07, 6.45) is 9.28. The predicted octanol–water partition coefficient (Wildman–Crippen LogP) is 6.24. The van der Waals surface area contributed by atoms with Crippen molar-refractivity contribution in [1.82, 2.24) is 25.2 Å². The second kappa shape index (κ2) is 16.7. The van der Waals surface area contributed by atoms with Crippen molar-refractivity contribution in [2.75, 3.05) is 13.1 Å². The standard InChI is InChI=1S/C40H57N5O8S/c1-9-10-11-12-13-14-26-21-40(26,36(49)44-54-39(8)17-18-39)43-35(48)29-19-27(23-45(29)33(47)22-41-37(50)53-38(5,6)7)52-31-20-32(51-24(2)3)42-34-25(4)30(46)16-15-28(31)34/h13-16,20,24,26-27,29,46H,9-12,17-19,21-23H2,1-8H3,(H,41,50)(H,43,48)(H,44,49)/b14-13-/t26?,27-,29?,40-/m1/s1. The van der Waals surface area contributed by atoms with Crippen molar-refractivity contribution in [3.05, 3.63) is 35.9 Å². The number of phenols is 1. The van der Waals surface area contributed by atoms with Crippen LogP contribution in [0.1, 0.15) is 105 Å². The number of allylic oxidation sites excluding steroid dienone is 1. The van der Waals surface area contributed by atoms with Crippen LogP contribution in [0.2, 0.25) is 0 Å². The molecule has 54 heavy (non-hydrogen) atoms. The lowest BCUT2D eigenvalue weighted by Crippen LogP contribution is -2.55. The highest BCUT2D eigenvalue weighted by Crippen LogP contribution is 2.49. The fraction of sp³-hybridized carbons (Fsp3) is 0.625. The van der Waals surface area contributed by atoms with Crippen LogP contribution >= 0.6 is 11.9 Å². The molecule has 13 nitrogen and oxygen atoms in total.